The molecular weight excluding hydrogens is 310 g/mol. The van der Waals surface area contributed by atoms with Gasteiger partial charge in [-0.15, -0.1) is 0 Å². The summed E-state index contributed by atoms with van der Waals surface area (Å²) >= 11 is 0. The van der Waals surface area contributed by atoms with Crippen molar-refractivity contribution in [1.82, 2.24) is 4.72 Å². The van der Waals surface area contributed by atoms with Gasteiger partial charge in [0.15, 0.2) is 0 Å². The summed E-state index contributed by atoms with van der Waals surface area (Å²) in [7, 11) is -4.60. The fraction of sp³-hybridized carbons (Fsp3) is 0.273. The van der Waals surface area contributed by atoms with Crippen LogP contribution in [0.2, 0.25) is 0 Å². The molecule has 21 heavy (non-hydrogen) atoms. The number of halogens is 2. The molecule has 0 spiro atoms. The number of primary amides is 1. The summed E-state index contributed by atoms with van der Waals surface area (Å²) in [5.74, 6) is -4.63. The fourth-order valence-electron chi connectivity index (χ4n) is 1.45. The second-order valence-corrected chi connectivity index (χ2v) is 5.77. The van der Waals surface area contributed by atoms with Gasteiger partial charge in [0.05, 0.1) is 0 Å². The molecule has 0 radical (unpaired) electrons. The number of sulfonamides is 1. The SMILES string of the molecule is NC(=O)CC[C@H](NS(=O)(=O)c1cc(F)ccc1F)C(=O)O. The minimum absolute atomic E-state index is 0.384. The van der Waals surface area contributed by atoms with Crippen LogP contribution in [0.15, 0.2) is 23.1 Å². The summed E-state index contributed by atoms with van der Waals surface area (Å²) in [6.45, 7) is 0. The molecule has 0 saturated heterocycles. The third-order valence-corrected chi connectivity index (χ3v) is 3.94. The van der Waals surface area contributed by atoms with Gasteiger partial charge in [-0.1, -0.05) is 0 Å². The van der Waals surface area contributed by atoms with Gasteiger partial charge in [0, 0.05) is 6.42 Å². The molecule has 0 aliphatic carbocycles. The van der Waals surface area contributed by atoms with E-state index in [9.17, 15) is 26.8 Å². The van der Waals surface area contributed by atoms with E-state index >= 15 is 0 Å². The van der Waals surface area contributed by atoms with Crippen LogP contribution in [0, 0.1) is 11.6 Å². The number of hydrogen-bond donors (Lipinski definition) is 3. The highest BCUT2D eigenvalue weighted by molar-refractivity contribution is 7.89. The molecule has 116 valence electrons. The topological polar surface area (TPSA) is 127 Å². The zero-order chi connectivity index (χ0) is 16.2. The van der Waals surface area contributed by atoms with Gasteiger partial charge in [0.1, 0.15) is 22.6 Å². The number of hydrogen-bond acceptors (Lipinski definition) is 4. The molecule has 1 aromatic carbocycles. The number of carbonyl (C=O) groups is 2. The molecule has 1 atom stereocenters. The monoisotopic (exact) mass is 322 g/mol. The zero-order valence-corrected chi connectivity index (χ0v) is 11.4. The molecule has 1 aromatic rings. The Morgan fingerprint density at radius 2 is 1.95 bits per heavy atom. The highest BCUT2D eigenvalue weighted by Crippen LogP contribution is 2.16. The first-order valence-electron chi connectivity index (χ1n) is 5.62. The van der Waals surface area contributed by atoms with E-state index in [2.05, 4.69) is 0 Å². The molecular formula is C11H12F2N2O5S. The lowest BCUT2D eigenvalue weighted by molar-refractivity contribution is -0.139. The van der Waals surface area contributed by atoms with Crippen LogP contribution in [0.5, 0.6) is 0 Å². The average molecular weight is 322 g/mol. The van der Waals surface area contributed by atoms with Crippen LogP contribution in [0.25, 0.3) is 0 Å². The molecule has 10 heteroatoms. The smallest absolute Gasteiger partial charge is 0.321 e. The van der Waals surface area contributed by atoms with Gasteiger partial charge in [0.25, 0.3) is 0 Å². The number of aliphatic carboxylic acids is 1. The summed E-state index contributed by atoms with van der Waals surface area (Å²) in [5.41, 5.74) is 4.84. The van der Waals surface area contributed by atoms with E-state index < -0.39 is 50.9 Å². The Bertz CT molecular complexity index is 663. The van der Waals surface area contributed by atoms with Gasteiger partial charge in [-0.25, -0.2) is 17.2 Å². The van der Waals surface area contributed by atoms with Gasteiger partial charge in [-0.2, -0.15) is 4.72 Å². The predicted octanol–water partition coefficient (Wildman–Crippen LogP) is -0.0382. The maximum absolute atomic E-state index is 13.4. The molecule has 0 fully saturated rings. The summed E-state index contributed by atoms with van der Waals surface area (Å²) in [5, 5.41) is 8.87. The summed E-state index contributed by atoms with van der Waals surface area (Å²) < 4.78 is 51.8. The van der Waals surface area contributed by atoms with Crippen molar-refractivity contribution in [3.63, 3.8) is 0 Å². The number of rotatable bonds is 7. The first-order chi connectivity index (χ1) is 9.63. The summed E-state index contributed by atoms with van der Waals surface area (Å²) in [4.78, 5) is 20.5. The van der Waals surface area contributed by atoms with E-state index in [0.29, 0.717) is 12.1 Å². The van der Waals surface area contributed by atoms with Crippen molar-refractivity contribution in [3.05, 3.63) is 29.8 Å². The Balaban J connectivity index is 3.03. The van der Waals surface area contributed by atoms with Crippen molar-refractivity contribution in [2.24, 2.45) is 5.73 Å². The third kappa shape index (κ3) is 4.76. The first-order valence-corrected chi connectivity index (χ1v) is 7.10. The standard InChI is InChI=1S/C11H12F2N2O5S/c12-6-1-2-7(13)9(5-6)21(19,20)15-8(11(17)18)3-4-10(14)16/h1-2,5,8,15H,3-4H2,(H2,14,16)(H,17,18)/t8-/m0/s1. The lowest BCUT2D eigenvalue weighted by atomic mass is 10.2. The van der Waals surface area contributed by atoms with Crippen LogP contribution in [0.4, 0.5) is 8.78 Å². The van der Waals surface area contributed by atoms with E-state index in [0.717, 1.165) is 6.07 Å². The van der Waals surface area contributed by atoms with Crippen LogP contribution in [-0.4, -0.2) is 31.4 Å². The Labute approximate surface area is 118 Å². The normalized spacial score (nSPS) is 12.9. The Morgan fingerprint density at radius 3 is 2.48 bits per heavy atom. The van der Waals surface area contributed by atoms with Crippen LogP contribution >= 0.6 is 0 Å². The highest BCUT2D eigenvalue weighted by Gasteiger charge is 2.28. The Morgan fingerprint density at radius 1 is 1.33 bits per heavy atom. The first kappa shape index (κ1) is 17.0. The molecule has 0 saturated carbocycles. The van der Waals surface area contributed by atoms with Crippen LogP contribution in [0.1, 0.15) is 12.8 Å². The van der Waals surface area contributed by atoms with Crippen molar-refractivity contribution >= 4 is 21.9 Å². The van der Waals surface area contributed by atoms with Gasteiger partial charge < -0.3 is 10.8 Å². The number of carboxylic acids is 1. The molecule has 1 amide bonds. The lowest BCUT2D eigenvalue weighted by Gasteiger charge is -2.14. The second kappa shape index (κ2) is 6.59. The third-order valence-electron chi connectivity index (χ3n) is 2.46. The average Bonchev–Trinajstić information content (AvgIpc) is 2.36. The second-order valence-electron chi connectivity index (χ2n) is 4.09. The molecule has 0 heterocycles. The van der Waals surface area contributed by atoms with Gasteiger partial charge in [-0.05, 0) is 24.6 Å². The molecule has 0 unspecified atom stereocenters. The van der Waals surface area contributed by atoms with Gasteiger partial charge in [0.2, 0.25) is 15.9 Å². The number of amides is 1. The van der Waals surface area contributed by atoms with Gasteiger partial charge >= 0.3 is 5.97 Å². The van der Waals surface area contributed by atoms with E-state index in [1.807, 2.05) is 0 Å². The van der Waals surface area contributed by atoms with E-state index in [-0.39, 0.29) is 6.42 Å². The lowest BCUT2D eigenvalue weighted by Crippen LogP contribution is -2.41. The number of carbonyl (C=O) groups excluding carboxylic acids is 1. The van der Waals surface area contributed by atoms with Crippen LogP contribution < -0.4 is 10.5 Å². The Hall–Kier alpha value is -2.07. The van der Waals surface area contributed by atoms with E-state index in [4.69, 9.17) is 10.8 Å². The minimum Gasteiger partial charge on any atom is -0.480 e. The zero-order valence-electron chi connectivity index (χ0n) is 10.5. The largest absolute Gasteiger partial charge is 0.480 e. The quantitative estimate of drug-likeness (QED) is 0.649. The van der Waals surface area contributed by atoms with Crippen LogP contribution in [0.3, 0.4) is 0 Å². The number of carboxylic acid groups (broad SMARTS) is 1. The summed E-state index contributed by atoms with van der Waals surface area (Å²) in [6.07, 6.45) is -0.800. The number of nitrogens with two attached hydrogens (primary N) is 1. The minimum atomic E-state index is -4.60. The van der Waals surface area contributed by atoms with Crippen molar-refractivity contribution in [1.29, 1.82) is 0 Å². The fourth-order valence-corrected chi connectivity index (χ4v) is 2.77. The molecule has 0 bridgehead atoms. The predicted molar refractivity (Wildman–Crippen MR) is 66.5 cm³/mol. The van der Waals surface area contributed by atoms with Crippen molar-refractivity contribution in [2.75, 3.05) is 0 Å². The van der Waals surface area contributed by atoms with Crippen molar-refractivity contribution in [2.45, 2.75) is 23.8 Å². The number of nitrogens with one attached hydrogen (secondary N) is 1. The van der Waals surface area contributed by atoms with Crippen molar-refractivity contribution in [3.8, 4) is 0 Å². The molecule has 1 rings (SSSR count). The molecule has 7 nitrogen and oxygen atoms in total. The van der Waals surface area contributed by atoms with Gasteiger partial charge in [-0.3, -0.25) is 9.59 Å². The van der Waals surface area contributed by atoms with E-state index in [1.165, 1.54) is 0 Å². The summed E-state index contributed by atoms with van der Waals surface area (Å²) in [6, 6.07) is 0.0503. The maximum Gasteiger partial charge on any atom is 0.321 e. The molecule has 0 aliphatic rings. The van der Waals surface area contributed by atoms with E-state index in [1.54, 1.807) is 4.72 Å². The molecule has 0 aromatic heterocycles. The van der Waals surface area contributed by atoms with Crippen LogP contribution in [-0.2, 0) is 19.6 Å². The molecule has 0 aliphatic heterocycles. The Kier molecular flexibility index (Phi) is 5.33. The van der Waals surface area contributed by atoms with Crippen molar-refractivity contribution < 1.29 is 31.9 Å². The molecule has 4 N–H and O–H groups in total. The number of benzene rings is 1. The highest BCUT2D eigenvalue weighted by atomic mass is 32.2. The maximum atomic E-state index is 13.4.